The second-order valence-corrected chi connectivity index (χ2v) is 6.55. The monoisotopic (exact) mass is 313 g/mol. The molecule has 2 heterocycles. The number of fused-ring (bicyclic) bond motifs is 2. The van der Waals surface area contributed by atoms with Crippen molar-refractivity contribution in [1.82, 2.24) is 15.1 Å². The van der Waals surface area contributed by atoms with E-state index in [9.17, 15) is 4.79 Å². The zero-order chi connectivity index (χ0) is 15.6. The van der Waals surface area contributed by atoms with Crippen molar-refractivity contribution in [1.29, 1.82) is 0 Å². The summed E-state index contributed by atoms with van der Waals surface area (Å²) >= 11 is 0. The van der Waals surface area contributed by atoms with Crippen LogP contribution in [0.25, 0.3) is 11.4 Å². The van der Waals surface area contributed by atoms with Crippen LogP contribution in [0.2, 0.25) is 0 Å². The maximum Gasteiger partial charge on any atom is 0.306 e. The number of nitrogens with zero attached hydrogens (tertiary/aromatic N) is 3. The van der Waals surface area contributed by atoms with Gasteiger partial charge in [0.1, 0.15) is 0 Å². The number of hydrogen-bond donors (Lipinski definition) is 0. The van der Waals surface area contributed by atoms with Crippen molar-refractivity contribution < 1.29 is 14.1 Å². The first-order valence-corrected chi connectivity index (χ1v) is 8.16. The van der Waals surface area contributed by atoms with Gasteiger partial charge in [-0.3, -0.25) is 9.78 Å². The second kappa shape index (κ2) is 6.10. The normalized spacial score (nSPS) is 25.7. The highest BCUT2D eigenvalue weighted by Gasteiger charge is 2.40. The lowest BCUT2D eigenvalue weighted by atomic mass is 9.86. The molecular weight excluding hydrogens is 294 g/mol. The van der Waals surface area contributed by atoms with Crippen molar-refractivity contribution >= 4 is 5.97 Å². The van der Waals surface area contributed by atoms with Gasteiger partial charge in [-0.2, -0.15) is 4.98 Å². The average molecular weight is 313 g/mol. The van der Waals surface area contributed by atoms with Crippen LogP contribution in [-0.2, 0) is 16.1 Å². The first-order chi connectivity index (χ1) is 11.3. The maximum absolute atomic E-state index is 12.0. The number of carbonyl (C=O) groups is 1. The van der Waals surface area contributed by atoms with E-state index in [1.165, 1.54) is 25.7 Å². The number of esters is 1. The third-order valence-electron chi connectivity index (χ3n) is 5.06. The summed E-state index contributed by atoms with van der Waals surface area (Å²) in [6.45, 7) is 0.0346. The summed E-state index contributed by atoms with van der Waals surface area (Å²) in [7, 11) is 0. The quantitative estimate of drug-likeness (QED) is 0.790. The highest BCUT2D eigenvalue weighted by atomic mass is 16.6. The molecule has 3 atom stereocenters. The van der Waals surface area contributed by atoms with Crippen LogP contribution in [0, 0.1) is 17.8 Å². The first-order valence-electron chi connectivity index (χ1n) is 8.16. The van der Waals surface area contributed by atoms with E-state index >= 15 is 0 Å². The molecule has 2 aromatic heterocycles. The highest BCUT2D eigenvalue weighted by Crippen LogP contribution is 2.49. The fourth-order valence-corrected chi connectivity index (χ4v) is 3.97. The van der Waals surface area contributed by atoms with Gasteiger partial charge in [0, 0.05) is 24.4 Å². The Bertz CT molecular complexity index is 685. The fourth-order valence-electron chi connectivity index (χ4n) is 3.97. The molecule has 2 saturated carbocycles. The van der Waals surface area contributed by atoms with E-state index in [4.69, 9.17) is 9.26 Å². The molecule has 2 fully saturated rings. The topological polar surface area (TPSA) is 78.1 Å². The van der Waals surface area contributed by atoms with Gasteiger partial charge in [0.15, 0.2) is 6.61 Å². The smallest absolute Gasteiger partial charge is 0.306 e. The standard InChI is InChI=1S/C17H19N3O3/c21-16(8-14-7-11-3-4-12(14)6-11)22-10-15-19-17(20-23-15)13-2-1-5-18-9-13/h1-2,5,9,11-12,14H,3-4,6-8,10H2/t11-,12-,14+/m0/s1. The van der Waals surface area contributed by atoms with Gasteiger partial charge in [0.25, 0.3) is 5.89 Å². The van der Waals surface area contributed by atoms with Crippen LogP contribution in [0.15, 0.2) is 29.0 Å². The van der Waals surface area contributed by atoms with Crippen LogP contribution in [-0.4, -0.2) is 21.1 Å². The van der Waals surface area contributed by atoms with Crippen molar-refractivity contribution in [2.75, 3.05) is 0 Å². The minimum atomic E-state index is -0.163. The molecule has 2 aromatic rings. The molecule has 0 amide bonds. The Morgan fingerprint density at radius 2 is 2.30 bits per heavy atom. The lowest BCUT2D eigenvalue weighted by Crippen LogP contribution is -2.17. The molecule has 2 aliphatic carbocycles. The van der Waals surface area contributed by atoms with E-state index in [1.54, 1.807) is 18.5 Å². The average Bonchev–Trinajstić information content (AvgIpc) is 3.30. The van der Waals surface area contributed by atoms with Crippen molar-refractivity contribution in [2.45, 2.75) is 38.7 Å². The number of hydrogen-bond acceptors (Lipinski definition) is 6. The summed E-state index contributed by atoms with van der Waals surface area (Å²) in [5, 5.41) is 3.88. The summed E-state index contributed by atoms with van der Waals surface area (Å²) in [4.78, 5) is 20.2. The molecule has 23 heavy (non-hydrogen) atoms. The Hall–Kier alpha value is -2.24. The van der Waals surface area contributed by atoms with E-state index in [0.717, 1.165) is 17.4 Å². The van der Waals surface area contributed by atoms with Crippen LogP contribution in [0.4, 0.5) is 0 Å². The third kappa shape index (κ3) is 3.11. The molecule has 2 bridgehead atoms. The number of carbonyl (C=O) groups excluding carboxylic acids is 1. The molecule has 0 spiro atoms. The van der Waals surface area contributed by atoms with Crippen LogP contribution in [0.5, 0.6) is 0 Å². The molecule has 120 valence electrons. The molecule has 0 radical (unpaired) electrons. The molecule has 0 saturated heterocycles. The first kappa shape index (κ1) is 14.4. The molecule has 2 aliphatic rings. The van der Waals surface area contributed by atoms with Crippen LogP contribution in [0.1, 0.15) is 38.0 Å². The SMILES string of the molecule is O=C(C[C@H]1C[C@H]2CC[C@H]1C2)OCc1nc(-c2cccnc2)no1. The van der Waals surface area contributed by atoms with Gasteiger partial charge in [-0.05, 0) is 49.1 Å². The van der Waals surface area contributed by atoms with Crippen molar-refractivity contribution in [3.63, 3.8) is 0 Å². The van der Waals surface area contributed by atoms with Crippen LogP contribution < -0.4 is 0 Å². The Labute approximate surface area is 134 Å². The van der Waals surface area contributed by atoms with E-state index < -0.39 is 0 Å². The summed E-state index contributed by atoms with van der Waals surface area (Å²) in [5.74, 6) is 2.69. The largest absolute Gasteiger partial charge is 0.456 e. The van der Waals surface area contributed by atoms with Gasteiger partial charge in [-0.1, -0.05) is 11.6 Å². The maximum atomic E-state index is 12.0. The minimum Gasteiger partial charge on any atom is -0.456 e. The summed E-state index contributed by atoms with van der Waals surface area (Å²) in [5.41, 5.74) is 0.774. The third-order valence-corrected chi connectivity index (χ3v) is 5.06. The predicted molar refractivity (Wildman–Crippen MR) is 80.9 cm³/mol. The van der Waals surface area contributed by atoms with Gasteiger partial charge in [0.2, 0.25) is 5.82 Å². The van der Waals surface area contributed by atoms with Crippen molar-refractivity contribution in [2.24, 2.45) is 17.8 Å². The lowest BCUT2D eigenvalue weighted by molar-refractivity contribution is -0.147. The molecule has 0 N–H and O–H groups in total. The van der Waals surface area contributed by atoms with E-state index in [1.807, 2.05) is 6.07 Å². The Balaban J connectivity index is 1.29. The van der Waals surface area contributed by atoms with Crippen molar-refractivity contribution in [3.05, 3.63) is 30.4 Å². The predicted octanol–water partition coefficient (Wildman–Crippen LogP) is 3.00. The van der Waals surface area contributed by atoms with Gasteiger partial charge >= 0.3 is 5.97 Å². The molecule has 0 aromatic carbocycles. The Morgan fingerprint density at radius 1 is 1.35 bits per heavy atom. The number of ether oxygens (including phenoxy) is 1. The molecule has 0 aliphatic heterocycles. The van der Waals surface area contributed by atoms with E-state index in [0.29, 0.717) is 24.1 Å². The van der Waals surface area contributed by atoms with Gasteiger partial charge in [-0.15, -0.1) is 0 Å². The van der Waals surface area contributed by atoms with Gasteiger partial charge in [-0.25, -0.2) is 0 Å². The number of pyridine rings is 1. The van der Waals surface area contributed by atoms with Crippen LogP contribution >= 0.6 is 0 Å². The molecule has 0 unspecified atom stereocenters. The zero-order valence-electron chi connectivity index (χ0n) is 12.9. The minimum absolute atomic E-state index is 0.0346. The van der Waals surface area contributed by atoms with E-state index in [-0.39, 0.29) is 12.6 Å². The highest BCUT2D eigenvalue weighted by molar-refractivity contribution is 5.69. The lowest BCUT2D eigenvalue weighted by Gasteiger charge is -2.20. The molecule has 4 rings (SSSR count). The summed E-state index contributed by atoms with van der Waals surface area (Å²) < 4.78 is 10.4. The van der Waals surface area contributed by atoms with Gasteiger partial charge in [0.05, 0.1) is 0 Å². The van der Waals surface area contributed by atoms with Gasteiger partial charge < -0.3 is 9.26 Å². The fraction of sp³-hybridized carbons (Fsp3) is 0.529. The zero-order valence-corrected chi connectivity index (χ0v) is 12.9. The second-order valence-electron chi connectivity index (χ2n) is 6.55. The summed E-state index contributed by atoms with van der Waals surface area (Å²) in [6.07, 6.45) is 8.97. The molecule has 6 heteroatoms. The summed E-state index contributed by atoms with van der Waals surface area (Å²) in [6, 6.07) is 3.66. The van der Waals surface area contributed by atoms with E-state index in [2.05, 4.69) is 15.1 Å². The molecule has 6 nitrogen and oxygen atoms in total. The molecular formula is C17H19N3O3. The van der Waals surface area contributed by atoms with Crippen molar-refractivity contribution in [3.8, 4) is 11.4 Å². The van der Waals surface area contributed by atoms with Crippen LogP contribution in [0.3, 0.4) is 0 Å². The number of rotatable bonds is 5. The Morgan fingerprint density at radius 3 is 3.04 bits per heavy atom. The number of aromatic nitrogens is 3. The Kier molecular flexibility index (Phi) is 3.81.